The molecule has 0 aromatic heterocycles. The predicted molar refractivity (Wildman–Crippen MR) is 73.1 cm³/mol. The zero-order chi connectivity index (χ0) is 14.8. The number of nitrogens with zero attached hydrogens (tertiary/aromatic N) is 1. The van der Waals surface area contributed by atoms with Crippen LogP contribution in [0.2, 0.25) is 5.02 Å². The van der Waals surface area contributed by atoms with Gasteiger partial charge in [-0.15, -0.1) is 0 Å². The lowest BCUT2D eigenvalue weighted by molar-refractivity contribution is -0.151. The Labute approximate surface area is 122 Å². The SMILES string of the molecule is COC(=O)[C@@H]1C[C@](C#N)(c2ccccc2Cl)CCC1=O. The number of nitriles is 1. The van der Waals surface area contributed by atoms with Crippen LogP contribution in [0.1, 0.15) is 24.8 Å². The van der Waals surface area contributed by atoms with Crippen LogP contribution in [0.4, 0.5) is 0 Å². The van der Waals surface area contributed by atoms with Crippen molar-refractivity contribution in [3.8, 4) is 6.07 Å². The summed E-state index contributed by atoms with van der Waals surface area (Å²) in [6.45, 7) is 0. The number of esters is 1. The average Bonchev–Trinajstić information content (AvgIpc) is 2.48. The maximum atomic E-state index is 11.9. The van der Waals surface area contributed by atoms with Gasteiger partial charge in [0.15, 0.2) is 0 Å². The third-order valence-corrected chi connectivity index (χ3v) is 4.16. The van der Waals surface area contributed by atoms with Crippen LogP contribution in [0, 0.1) is 17.2 Å². The van der Waals surface area contributed by atoms with E-state index in [-0.39, 0.29) is 18.6 Å². The second-order valence-electron chi connectivity index (χ2n) is 4.92. The van der Waals surface area contributed by atoms with Crippen LogP contribution in [0.15, 0.2) is 24.3 Å². The van der Waals surface area contributed by atoms with Gasteiger partial charge in [0, 0.05) is 11.4 Å². The quantitative estimate of drug-likeness (QED) is 0.620. The fourth-order valence-electron chi connectivity index (χ4n) is 2.69. The third kappa shape index (κ3) is 2.41. The van der Waals surface area contributed by atoms with Crippen molar-refractivity contribution in [3.05, 3.63) is 34.9 Å². The van der Waals surface area contributed by atoms with Gasteiger partial charge in [-0.3, -0.25) is 9.59 Å². The van der Waals surface area contributed by atoms with E-state index in [4.69, 9.17) is 11.6 Å². The predicted octanol–water partition coefficient (Wildman–Crippen LogP) is 2.64. The van der Waals surface area contributed by atoms with Crippen molar-refractivity contribution < 1.29 is 14.3 Å². The molecule has 1 fully saturated rings. The van der Waals surface area contributed by atoms with Crippen LogP contribution in [0.25, 0.3) is 0 Å². The number of carbonyl (C=O) groups is 2. The summed E-state index contributed by atoms with van der Waals surface area (Å²) in [5, 5.41) is 10.1. The van der Waals surface area contributed by atoms with Crippen molar-refractivity contribution in [1.82, 2.24) is 0 Å². The van der Waals surface area contributed by atoms with Gasteiger partial charge in [-0.1, -0.05) is 29.8 Å². The maximum absolute atomic E-state index is 11.9. The normalized spacial score (nSPS) is 25.9. The van der Waals surface area contributed by atoms with Crippen LogP contribution >= 0.6 is 11.6 Å². The van der Waals surface area contributed by atoms with Gasteiger partial charge in [-0.05, 0) is 24.5 Å². The van der Waals surface area contributed by atoms with Crippen LogP contribution < -0.4 is 0 Å². The van der Waals surface area contributed by atoms with Crippen LogP contribution in [0.3, 0.4) is 0 Å². The van der Waals surface area contributed by atoms with Crippen LogP contribution in [0.5, 0.6) is 0 Å². The van der Waals surface area contributed by atoms with E-state index in [2.05, 4.69) is 10.8 Å². The van der Waals surface area contributed by atoms with Crippen molar-refractivity contribution in [2.75, 3.05) is 7.11 Å². The van der Waals surface area contributed by atoms with Gasteiger partial charge < -0.3 is 4.74 Å². The summed E-state index contributed by atoms with van der Waals surface area (Å²) in [7, 11) is 1.24. The molecule has 1 saturated carbocycles. The van der Waals surface area contributed by atoms with E-state index >= 15 is 0 Å². The number of hydrogen-bond donors (Lipinski definition) is 0. The molecule has 0 unspecified atom stereocenters. The summed E-state index contributed by atoms with van der Waals surface area (Å²) in [5.41, 5.74) is -0.240. The van der Waals surface area contributed by atoms with E-state index < -0.39 is 17.3 Å². The fourth-order valence-corrected chi connectivity index (χ4v) is 3.00. The molecule has 4 nitrogen and oxygen atoms in total. The minimum atomic E-state index is -0.912. The number of halogens is 1. The molecule has 1 aromatic carbocycles. The summed E-state index contributed by atoms with van der Waals surface area (Å²) in [5.74, 6) is -1.64. The molecule has 1 aliphatic rings. The van der Waals surface area contributed by atoms with E-state index in [1.165, 1.54) is 7.11 Å². The monoisotopic (exact) mass is 291 g/mol. The van der Waals surface area contributed by atoms with E-state index in [1.807, 2.05) is 0 Å². The molecule has 5 heteroatoms. The molecule has 0 heterocycles. The Kier molecular flexibility index (Phi) is 4.10. The summed E-state index contributed by atoms with van der Waals surface area (Å²) in [6, 6.07) is 9.32. The molecule has 2 rings (SSSR count). The number of ketones is 1. The van der Waals surface area contributed by atoms with Gasteiger partial charge in [0.2, 0.25) is 0 Å². The molecule has 0 N–H and O–H groups in total. The number of hydrogen-bond acceptors (Lipinski definition) is 4. The summed E-state index contributed by atoms with van der Waals surface area (Å²) in [4.78, 5) is 23.6. The topological polar surface area (TPSA) is 67.2 Å². The lowest BCUT2D eigenvalue weighted by Crippen LogP contribution is -2.40. The molecular weight excluding hydrogens is 278 g/mol. The Morgan fingerprint density at radius 2 is 2.20 bits per heavy atom. The van der Waals surface area contributed by atoms with Crippen molar-refractivity contribution in [1.29, 1.82) is 5.26 Å². The number of rotatable bonds is 2. The van der Waals surface area contributed by atoms with Crippen molar-refractivity contribution >= 4 is 23.4 Å². The Hall–Kier alpha value is -1.86. The van der Waals surface area contributed by atoms with Gasteiger partial charge in [0.25, 0.3) is 0 Å². The highest BCUT2D eigenvalue weighted by molar-refractivity contribution is 6.31. The van der Waals surface area contributed by atoms with E-state index in [0.29, 0.717) is 17.0 Å². The van der Waals surface area contributed by atoms with Crippen molar-refractivity contribution in [2.24, 2.45) is 5.92 Å². The molecule has 104 valence electrons. The number of benzene rings is 1. The molecule has 1 aliphatic carbocycles. The number of ether oxygens (including phenoxy) is 1. The molecule has 0 saturated heterocycles. The fraction of sp³-hybridized carbons (Fsp3) is 0.400. The molecule has 0 bridgehead atoms. The zero-order valence-corrected chi connectivity index (χ0v) is 11.8. The standard InChI is InChI=1S/C15H14ClNO3/c1-20-14(19)10-8-15(9-17,7-6-13(10)18)11-4-2-3-5-12(11)16/h2-5,10H,6-8H2,1H3/t10-,15-/m1/s1. The first-order chi connectivity index (χ1) is 9.54. The highest BCUT2D eigenvalue weighted by Gasteiger charge is 2.46. The first kappa shape index (κ1) is 14.5. The van der Waals surface area contributed by atoms with Gasteiger partial charge in [-0.25, -0.2) is 0 Å². The minimum absolute atomic E-state index is 0.124. The Morgan fingerprint density at radius 3 is 2.80 bits per heavy atom. The molecular formula is C15H14ClNO3. The first-order valence-electron chi connectivity index (χ1n) is 6.31. The van der Waals surface area contributed by atoms with E-state index in [0.717, 1.165) is 0 Å². The molecule has 0 amide bonds. The largest absolute Gasteiger partial charge is 0.468 e. The van der Waals surface area contributed by atoms with Crippen LogP contribution in [-0.4, -0.2) is 18.9 Å². The minimum Gasteiger partial charge on any atom is -0.468 e. The zero-order valence-electron chi connectivity index (χ0n) is 11.1. The molecule has 20 heavy (non-hydrogen) atoms. The van der Waals surface area contributed by atoms with Crippen LogP contribution in [-0.2, 0) is 19.7 Å². The third-order valence-electron chi connectivity index (χ3n) is 3.83. The molecule has 2 atom stereocenters. The Morgan fingerprint density at radius 1 is 1.50 bits per heavy atom. The second kappa shape index (κ2) is 5.64. The number of carbonyl (C=O) groups excluding carboxylic acids is 2. The van der Waals surface area contributed by atoms with E-state index in [1.54, 1.807) is 24.3 Å². The molecule has 0 aliphatic heterocycles. The number of methoxy groups -OCH3 is 1. The highest BCUT2D eigenvalue weighted by atomic mass is 35.5. The van der Waals surface area contributed by atoms with Crippen molar-refractivity contribution in [2.45, 2.75) is 24.7 Å². The lowest BCUT2D eigenvalue weighted by atomic mass is 9.66. The van der Waals surface area contributed by atoms with Crippen molar-refractivity contribution in [3.63, 3.8) is 0 Å². The summed E-state index contributed by atoms with van der Waals surface area (Å²) in [6.07, 6.45) is 0.677. The first-order valence-corrected chi connectivity index (χ1v) is 6.68. The molecule has 0 spiro atoms. The van der Waals surface area contributed by atoms with Gasteiger partial charge in [0.05, 0.1) is 18.6 Å². The highest BCUT2D eigenvalue weighted by Crippen LogP contribution is 2.43. The molecule has 0 radical (unpaired) electrons. The molecule has 1 aromatic rings. The second-order valence-corrected chi connectivity index (χ2v) is 5.33. The maximum Gasteiger partial charge on any atom is 0.316 e. The summed E-state index contributed by atoms with van der Waals surface area (Å²) >= 11 is 6.17. The lowest BCUT2D eigenvalue weighted by Gasteiger charge is -2.34. The summed E-state index contributed by atoms with van der Waals surface area (Å²) < 4.78 is 4.66. The number of Topliss-reactive ketones (excluding diaryl/α,β-unsaturated/α-hetero) is 1. The van der Waals surface area contributed by atoms with E-state index in [9.17, 15) is 14.9 Å². The Bertz CT molecular complexity index is 585. The van der Waals surface area contributed by atoms with Gasteiger partial charge >= 0.3 is 5.97 Å². The average molecular weight is 292 g/mol. The smallest absolute Gasteiger partial charge is 0.316 e. The Balaban J connectivity index is 2.43. The van der Waals surface area contributed by atoms with Gasteiger partial charge in [-0.2, -0.15) is 5.26 Å². The van der Waals surface area contributed by atoms with Gasteiger partial charge in [0.1, 0.15) is 11.7 Å².